The van der Waals surface area contributed by atoms with E-state index in [2.05, 4.69) is 26.6 Å². The standard InChI is InChI=1S/C22H27N5OS.HI/c1-24-22(25-13-15-29(28)20-10-3-2-4-11-20)26-19-9-7-14-27(17-19)21-12-6-5-8-18(21)16-23;/h2-6,8,10-12,19H,7,9,13-15,17H2,1H3,(H2,24,25,26);1H. The normalized spacial score (nSPS) is 17.4. The lowest BCUT2D eigenvalue weighted by molar-refractivity contribution is 0.468. The summed E-state index contributed by atoms with van der Waals surface area (Å²) in [5.41, 5.74) is 1.70. The minimum absolute atomic E-state index is 0. The van der Waals surface area contributed by atoms with Gasteiger partial charge in [0.25, 0.3) is 0 Å². The maximum atomic E-state index is 12.3. The molecule has 1 saturated heterocycles. The molecule has 0 bridgehead atoms. The van der Waals surface area contributed by atoms with Gasteiger partial charge in [0.2, 0.25) is 0 Å². The Balaban J connectivity index is 0.00000320. The molecule has 1 heterocycles. The number of nitrogens with one attached hydrogen (secondary N) is 2. The van der Waals surface area contributed by atoms with Crippen LogP contribution in [0.3, 0.4) is 0 Å². The number of nitrogens with zero attached hydrogens (tertiary/aromatic N) is 3. The van der Waals surface area contributed by atoms with Crippen molar-refractivity contribution in [2.24, 2.45) is 4.99 Å². The van der Waals surface area contributed by atoms with Gasteiger partial charge in [0.1, 0.15) is 6.07 Å². The molecule has 1 aliphatic rings. The van der Waals surface area contributed by atoms with E-state index in [1.807, 2.05) is 54.6 Å². The molecule has 0 aromatic heterocycles. The van der Waals surface area contributed by atoms with Gasteiger partial charge in [-0.25, -0.2) is 0 Å². The highest BCUT2D eigenvalue weighted by Gasteiger charge is 2.22. The zero-order chi connectivity index (χ0) is 20.5. The summed E-state index contributed by atoms with van der Waals surface area (Å²) >= 11 is 0. The van der Waals surface area contributed by atoms with Crippen LogP contribution in [-0.2, 0) is 10.8 Å². The number of para-hydroxylation sites is 1. The summed E-state index contributed by atoms with van der Waals surface area (Å²) in [7, 11) is 0.718. The number of guanidine groups is 1. The van der Waals surface area contributed by atoms with Crippen molar-refractivity contribution in [2.45, 2.75) is 23.8 Å². The Morgan fingerprint density at radius 3 is 2.70 bits per heavy atom. The summed E-state index contributed by atoms with van der Waals surface area (Å²) in [4.78, 5) is 7.41. The van der Waals surface area contributed by atoms with E-state index in [0.29, 0.717) is 17.9 Å². The molecule has 0 spiro atoms. The molecule has 6 nitrogen and oxygen atoms in total. The third-order valence-electron chi connectivity index (χ3n) is 4.94. The summed E-state index contributed by atoms with van der Waals surface area (Å²) in [6, 6.07) is 19.8. The van der Waals surface area contributed by atoms with E-state index < -0.39 is 10.8 Å². The van der Waals surface area contributed by atoms with Crippen molar-refractivity contribution in [2.75, 3.05) is 37.3 Å². The lowest BCUT2D eigenvalue weighted by Gasteiger charge is -2.35. The third kappa shape index (κ3) is 6.71. The lowest BCUT2D eigenvalue weighted by Crippen LogP contribution is -2.51. The van der Waals surface area contributed by atoms with Crippen molar-refractivity contribution in [3.05, 3.63) is 60.2 Å². The average Bonchev–Trinajstić information content (AvgIpc) is 2.79. The van der Waals surface area contributed by atoms with Crippen molar-refractivity contribution in [3.63, 3.8) is 0 Å². The quantitative estimate of drug-likeness (QED) is 0.337. The second-order valence-electron chi connectivity index (χ2n) is 6.92. The van der Waals surface area contributed by atoms with Crippen molar-refractivity contribution in [3.8, 4) is 6.07 Å². The van der Waals surface area contributed by atoms with E-state index >= 15 is 0 Å². The smallest absolute Gasteiger partial charge is 0.191 e. The SMILES string of the molecule is CN=C(NCCS(=O)c1ccccc1)NC1CCCN(c2ccccc2C#N)C1.I. The van der Waals surface area contributed by atoms with Crippen LogP contribution < -0.4 is 15.5 Å². The molecular weight excluding hydrogens is 509 g/mol. The molecule has 1 fully saturated rings. The molecule has 0 saturated carbocycles. The fraction of sp³-hybridized carbons (Fsp3) is 0.364. The van der Waals surface area contributed by atoms with Gasteiger partial charge in [0, 0.05) is 43.4 Å². The van der Waals surface area contributed by atoms with Gasteiger partial charge >= 0.3 is 0 Å². The molecule has 0 radical (unpaired) electrons. The van der Waals surface area contributed by atoms with Gasteiger partial charge in [-0.2, -0.15) is 5.26 Å². The number of aliphatic imine (C=N–C) groups is 1. The van der Waals surface area contributed by atoms with E-state index in [1.165, 1.54) is 0 Å². The predicted octanol–water partition coefficient (Wildman–Crippen LogP) is 3.12. The van der Waals surface area contributed by atoms with Crippen LogP contribution in [0, 0.1) is 11.3 Å². The molecule has 2 N–H and O–H groups in total. The van der Waals surface area contributed by atoms with Crippen LogP contribution in [-0.4, -0.2) is 48.6 Å². The molecule has 2 aromatic rings. The molecule has 160 valence electrons. The molecule has 8 heteroatoms. The number of hydrogen-bond donors (Lipinski definition) is 2. The van der Waals surface area contributed by atoms with Crippen molar-refractivity contribution in [1.29, 1.82) is 5.26 Å². The van der Waals surface area contributed by atoms with Gasteiger partial charge in [-0.1, -0.05) is 30.3 Å². The monoisotopic (exact) mass is 537 g/mol. The van der Waals surface area contributed by atoms with Gasteiger partial charge < -0.3 is 15.5 Å². The largest absolute Gasteiger partial charge is 0.368 e. The van der Waals surface area contributed by atoms with Gasteiger partial charge in [-0.15, -0.1) is 24.0 Å². The fourth-order valence-electron chi connectivity index (χ4n) is 3.50. The van der Waals surface area contributed by atoms with E-state index in [0.717, 1.165) is 42.5 Å². The summed E-state index contributed by atoms with van der Waals surface area (Å²) in [5.74, 6) is 1.24. The minimum atomic E-state index is -1.03. The van der Waals surface area contributed by atoms with Gasteiger partial charge in [0.05, 0.1) is 22.1 Å². The number of anilines is 1. The second-order valence-corrected chi connectivity index (χ2v) is 8.49. The Morgan fingerprint density at radius 1 is 1.23 bits per heavy atom. The van der Waals surface area contributed by atoms with Crippen LogP contribution in [0.25, 0.3) is 0 Å². The molecule has 3 rings (SSSR count). The number of hydrogen-bond acceptors (Lipinski definition) is 4. The molecular formula is C22H28IN5OS. The summed E-state index contributed by atoms with van der Waals surface area (Å²) < 4.78 is 12.3. The zero-order valence-electron chi connectivity index (χ0n) is 17.1. The van der Waals surface area contributed by atoms with E-state index in [4.69, 9.17) is 0 Å². The molecule has 0 aliphatic carbocycles. The highest BCUT2D eigenvalue weighted by molar-refractivity contribution is 14.0. The topological polar surface area (TPSA) is 80.5 Å². The van der Waals surface area contributed by atoms with Crippen LogP contribution in [0.2, 0.25) is 0 Å². The number of nitriles is 1. The first-order valence-electron chi connectivity index (χ1n) is 9.86. The first kappa shape index (κ1) is 24.2. The van der Waals surface area contributed by atoms with Gasteiger partial charge in [0.15, 0.2) is 5.96 Å². The molecule has 1 aliphatic heterocycles. The second kappa shape index (κ2) is 12.5. The number of benzene rings is 2. The third-order valence-corrected chi connectivity index (χ3v) is 6.31. The Kier molecular flexibility index (Phi) is 10.1. The number of rotatable bonds is 6. The molecule has 0 amide bonds. The summed E-state index contributed by atoms with van der Waals surface area (Å²) in [6.45, 7) is 2.34. The minimum Gasteiger partial charge on any atom is -0.368 e. The van der Waals surface area contributed by atoms with E-state index in [9.17, 15) is 9.47 Å². The van der Waals surface area contributed by atoms with Crippen molar-refractivity contribution < 1.29 is 4.21 Å². The van der Waals surface area contributed by atoms with E-state index in [1.54, 1.807) is 7.05 Å². The Bertz CT molecular complexity index is 900. The summed E-state index contributed by atoms with van der Waals surface area (Å²) in [6.07, 6.45) is 2.09. The van der Waals surface area contributed by atoms with Crippen molar-refractivity contribution >= 4 is 46.4 Å². The maximum Gasteiger partial charge on any atom is 0.191 e. The van der Waals surface area contributed by atoms with Gasteiger partial charge in [-0.05, 0) is 37.1 Å². The number of halogens is 1. The van der Waals surface area contributed by atoms with Crippen LogP contribution in [0.1, 0.15) is 18.4 Å². The highest BCUT2D eigenvalue weighted by atomic mass is 127. The maximum absolute atomic E-state index is 12.3. The Hall–Kier alpha value is -2.12. The first-order valence-corrected chi connectivity index (χ1v) is 11.2. The lowest BCUT2D eigenvalue weighted by atomic mass is 10.0. The first-order chi connectivity index (χ1) is 14.2. The van der Waals surface area contributed by atoms with E-state index in [-0.39, 0.29) is 30.0 Å². The fourth-order valence-corrected chi connectivity index (χ4v) is 4.48. The Morgan fingerprint density at radius 2 is 1.97 bits per heavy atom. The molecule has 30 heavy (non-hydrogen) atoms. The molecule has 2 unspecified atom stereocenters. The Labute approximate surface area is 198 Å². The van der Waals surface area contributed by atoms with Crippen LogP contribution in [0.5, 0.6) is 0 Å². The van der Waals surface area contributed by atoms with Crippen molar-refractivity contribution in [1.82, 2.24) is 10.6 Å². The number of piperidine rings is 1. The van der Waals surface area contributed by atoms with Crippen LogP contribution >= 0.6 is 24.0 Å². The van der Waals surface area contributed by atoms with Crippen LogP contribution in [0.4, 0.5) is 5.69 Å². The average molecular weight is 537 g/mol. The van der Waals surface area contributed by atoms with Crippen LogP contribution in [0.15, 0.2) is 64.5 Å². The van der Waals surface area contributed by atoms with Gasteiger partial charge in [-0.3, -0.25) is 9.20 Å². The highest BCUT2D eigenvalue weighted by Crippen LogP contribution is 2.23. The molecule has 2 atom stereocenters. The summed E-state index contributed by atoms with van der Waals surface area (Å²) in [5, 5.41) is 16.1. The predicted molar refractivity (Wildman–Crippen MR) is 134 cm³/mol. The zero-order valence-corrected chi connectivity index (χ0v) is 20.2. The molecule has 2 aromatic carbocycles.